The highest BCUT2D eigenvalue weighted by atomic mass is 79.9. The Bertz CT molecular complexity index is 343. The van der Waals surface area contributed by atoms with E-state index in [4.69, 9.17) is 0 Å². The minimum atomic E-state index is 1.14. The second-order valence-corrected chi connectivity index (χ2v) is 5.81. The van der Waals surface area contributed by atoms with E-state index < -0.39 is 0 Å². The number of hydrogen-bond acceptors (Lipinski definition) is 3. The molecule has 0 atom stereocenters. The molecule has 1 aliphatic heterocycles. The lowest BCUT2D eigenvalue weighted by Crippen LogP contribution is -2.43. The summed E-state index contributed by atoms with van der Waals surface area (Å²) in [6.45, 7) is 5.85. The van der Waals surface area contributed by atoms with Gasteiger partial charge in [0.15, 0.2) is 0 Å². The summed E-state index contributed by atoms with van der Waals surface area (Å²) < 4.78 is 1.18. The van der Waals surface area contributed by atoms with Crippen molar-refractivity contribution in [2.75, 3.05) is 32.7 Å². The van der Waals surface area contributed by atoms with Gasteiger partial charge in [-0.2, -0.15) is 0 Å². The molecule has 4 heteroatoms. The van der Waals surface area contributed by atoms with Crippen LogP contribution in [0.5, 0.6) is 0 Å². The molecule has 2 heterocycles. The number of halogens is 1. The van der Waals surface area contributed by atoms with Crippen LogP contribution in [0.2, 0.25) is 0 Å². The van der Waals surface area contributed by atoms with Crippen LogP contribution in [0.3, 0.4) is 0 Å². The molecule has 0 aliphatic carbocycles. The van der Waals surface area contributed by atoms with E-state index in [1.807, 2.05) is 0 Å². The second-order valence-electron chi connectivity index (χ2n) is 3.95. The van der Waals surface area contributed by atoms with Crippen LogP contribution in [0, 0.1) is 0 Å². The number of nitrogens with one attached hydrogen (secondary N) is 1. The van der Waals surface area contributed by atoms with Crippen molar-refractivity contribution in [1.29, 1.82) is 0 Å². The van der Waals surface area contributed by atoms with Crippen molar-refractivity contribution in [3.05, 3.63) is 26.9 Å². The predicted octanol–water partition coefficient (Wildman–Crippen LogP) is 2.82. The van der Waals surface area contributed by atoms with Crippen LogP contribution in [-0.4, -0.2) is 37.6 Å². The summed E-state index contributed by atoms with van der Waals surface area (Å²) >= 11 is 5.24. The zero-order valence-electron chi connectivity index (χ0n) is 9.29. The standard InChI is InChI=1S/C12H17BrN2S/c13-11-9-12(16-10-11)3-1-2-6-15-7-4-14-5-8-15/h1,3,9-10,14H,2,4-8H2/b3-1+. The lowest BCUT2D eigenvalue weighted by molar-refractivity contribution is 0.245. The van der Waals surface area contributed by atoms with Gasteiger partial charge in [-0.25, -0.2) is 0 Å². The highest BCUT2D eigenvalue weighted by molar-refractivity contribution is 9.10. The SMILES string of the molecule is Brc1csc(/C=C/CCN2CCNCC2)c1. The van der Waals surface area contributed by atoms with Crippen LogP contribution >= 0.6 is 27.3 Å². The molecule has 0 radical (unpaired) electrons. The summed E-state index contributed by atoms with van der Waals surface area (Å²) in [7, 11) is 0. The molecule has 1 saturated heterocycles. The fraction of sp³-hybridized carbons (Fsp3) is 0.500. The summed E-state index contributed by atoms with van der Waals surface area (Å²) in [6.07, 6.45) is 5.65. The Kier molecular flexibility index (Phi) is 5.03. The van der Waals surface area contributed by atoms with Gasteiger partial charge in [-0.1, -0.05) is 6.08 Å². The van der Waals surface area contributed by atoms with Gasteiger partial charge in [0.05, 0.1) is 0 Å². The lowest BCUT2D eigenvalue weighted by atomic mass is 10.3. The molecule has 16 heavy (non-hydrogen) atoms. The molecule has 1 fully saturated rings. The summed E-state index contributed by atoms with van der Waals surface area (Å²) in [5, 5.41) is 5.49. The van der Waals surface area contributed by atoms with E-state index in [1.165, 1.54) is 29.0 Å². The lowest BCUT2D eigenvalue weighted by Gasteiger charge is -2.26. The Morgan fingerprint density at radius 2 is 2.25 bits per heavy atom. The van der Waals surface area contributed by atoms with Crippen LogP contribution < -0.4 is 5.32 Å². The molecule has 0 unspecified atom stereocenters. The second kappa shape index (κ2) is 6.55. The topological polar surface area (TPSA) is 15.3 Å². The van der Waals surface area contributed by atoms with E-state index in [-0.39, 0.29) is 0 Å². The first-order valence-electron chi connectivity index (χ1n) is 5.68. The van der Waals surface area contributed by atoms with Gasteiger partial charge in [-0.3, -0.25) is 0 Å². The van der Waals surface area contributed by atoms with Gasteiger partial charge in [0.2, 0.25) is 0 Å². The number of thiophene rings is 1. The van der Waals surface area contributed by atoms with Crippen molar-refractivity contribution in [3.8, 4) is 0 Å². The smallest absolute Gasteiger partial charge is 0.0288 e. The maximum absolute atomic E-state index is 3.47. The molecule has 0 aromatic carbocycles. The van der Waals surface area contributed by atoms with Crippen molar-refractivity contribution in [3.63, 3.8) is 0 Å². The van der Waals surface area contributed by atoms with Gasteiger partial charge in [0.1, 0.15) is 0 Å². The molecule has 0 spiro atoms. The largest absolute Gasteiger partial charge is 0.314 e. The first-order valence-corrected chi connectivity index (χ1v) is 7.35. The van der Waals surface area contributed by atoms with Crippen LogP contribution in [0.25, 0.3) is 6.08 Å². The highest BCUT2D eigenvalue weighted by Crippen LogP contribution is 2.20. The van der Waals surface area contributed by atoms with Crippen LogP contribution in [0.1, 0.15) is 11.3 Å². The van der Waals surface area contributed by atoms with Crippen molar-refractivity contribution >= 4 is 33.3 Å². The van der Waals surface area contributed by atoms with Crippen molar-refractivity contribution < 1.29 is 0 Å². The molecular weight excluding hydrogens is 284 g/mol. The Morgan fingerprint density at radius 1 is 1.44 bits per heavy atom. The molecule has 1 aromatic heterocycles. The average Bonchev–Trinajstić information content (AvgIpc) is 2.72. The molecule has 2 rings (SSSR count). The molecule has 0 bridgehead atoms. The Hall–Kier alpha value is -0.160. The first-order chi connectivity index (χ1) is 7.84. The van der Waals surface area contributed by atoms with Crippen molar-refractivity contribution in [2.24, 2.45) is 0 Å². The third-order valence-electron chi connectivity index (χ3n) is 2.69. The van der Waals surface area contributed by atoms with E-state index in [9.17, 15) is 0 Å². The zero-order chi connectivity index (χ0) is 11.2. The average molecular weight is 301 g/mol. The summed E-state index contributed by atoms with van der Waals surface area (Å²) in [6, 6.07) is 2.16. The van der Waals surface area contributed by atoms with Crippen LogP contribution in [-0.2, 0) is 0 Å². The predicted molar refractivity (Wildman–Crippen MR) is 75.0 cm³/mol. The number of rotatable bonds is 4. The molecular formula is C12H17BrN2S. The number of hydrogen-bond donors (Lipinski definition) is 1. The van der Waals surface area contributed by atoms with Gasteiger partial charge < -0.3 is 10.2 Å². The van der Waals surface area contributed by atoms with Gasteiger partial charge in [-0.15, -0.1) is 11.3 Å². The maximum Gasteiger partial charge on any atom is 0.0288 e. The van der Waals surface area contributed by atoms with Gasteiger partial charge in [0.25, 0.3) is 0 Å². The van der Waals surface area contributed by atoms with E-state index in [0.29, 0.717) is 0 Å². The van der Waals surface area contributed by atoms with E-state index in [2.05, 4.69) is 49.7 Å². The van der Waals surface area contributed by atoms with Crippen molar-refractivity contribution in [2.45, 2.75) is 6.42 Å². The Balaban J connectivity index is 1.69. The molecule has 1 aromatic rings. The Morgan fingerprint density at radius 3 is 2.94 bits per heavy atom. The summed E-state index contributed by atoms with van der Waals surface area (Å²) in [4.78, 5) is 3.85. The molecule has 88 valence electrons. The number of piperazine rings is 1. The highest BCUT2D eigenvalue weighted by Gasteiger charge is 2.07. The molecule has 2 nitrogen and oxygen atoms in total. The zero-order valence-corrected chi connectivity index (χ0v) is 11.7. The third-order valence-corrected chi connectivity index (χ3v) is 4.35. The van der Waals surface area contributed by atoms with E-state index in [1.54, 1.807) is 11.3 Å². The third kappa shape index (κ3) is 4.01. The molecule has 1 N–H and O–H groups in total. The maximum atomic E-state index is 3.47. The first kappa shape index (κ1) is 12.3. The van der Waals surface area contributed by atoms with Crippen LogP contribution in [0.4, 0.5) is 0 Å². The van der Waals surface area contributed by atoms with Gasteiger partial charge >= 0.3 is 0 Å². The molecule has 1 aliphatic rings. The summed E-state index contributed by atoms with van der Waals surface area (Å²) in [5.74, 6) is 0. The van der Waals surface area contributed by atoms with E-state index in [0.717, 1.165) is 19.5 Å². The molecule has 0 saturated carbocycles. The number of nitrogens with zero attached hydrogens (tertiary/aromatic N) is 1. The van der Waals surface area contributed by atoms with Gasteiger partial charge in [0, 0.05) is 47.5 Å². The fourth-order valence-corrected chi connectivity index (χ4v) is 3.17. The minimum Gasteiger partial charge on any atom is -0.314 e. The van der Waals surface area contributed by atoms with E-state index >= 15 is 0 Å². The Labute approximate surface area is 109 Å². The van der Waals surface area contributed by atoms with Crippen molar-refractivity contribution in [1.82, 2.24) is 10.2 Å². The minimum absolute atomic E-state index is 1.14. The van der Waals surface area contributed by atoms with Crippen LogP contribution in [0.15, 0.2) is 22.0 Å². The van der Waals surface area contributed by atoms with Gasteiger partial charge in [-0.05, 0) is 34.5 Å². The summed E-state index contributed by atoms with van der Waals surface area (Å²) in [5.41, 5.74) is 0. The fourth-order valence-electron chi connectivity index (χ4n) is 1.81. The quantitative estimate of drug-likeness (QED) is 0.920. The monoisotopic (exact) mass is 300 g/mol. The molecule has 0 amide bonds. The normalized spacial score (nSPS) is 18.3.